The predicted molar refractivity (Wildman–Crippen MR) is 98.1 cm³/mol. The molecule has 1 heterocycles. The number of carbonyl (C=O) groups excluding carboxylic acids is 2. The molecular formula is C20H29NO5. The average molecular weight is 363 g/mol. The number of hydrogen-bond donors (Lipinski definition) is 1. The van der Waals surface area contributed by atoms with Crippen LogP contribution < -0.4 is 4.74 Å². The predicted octanol–water partition coefficient (Wildman–Crippen LogP) is 2.77. The Labute approximate surface area is 155 Å². The number of ether oxygens (including phenoxy) is 2. The molecule has 0 saturated carbocycles. The summed E-state index contributed by atoms with van der Waals surface area (Å²) in [4.78, 5) is 26.1. The summed E-state index contributed by atoms with van der Waals surface area (Å²) in [5, 5.41) is 9.87. The molecule has 2 rings (SSSR count). The lowest BCUT2D eigenvalue weighted by molar-refractivity contribution is -0.147. The molecule has 1 N–H and O–H groups in total. The van der Waals surface area contributed by atoms with Gasteiger partial charge < -0.3 is 19.5 Å². The fourth-order valence-electron chi connectivity index (χ4n) is 3.56. The van der Waals surface area contributed by atoms with Gasteiger partial charge in [-0.05, 0) is 42.9 Å². The summed E-state index contributed by atoms with van der Waals surface area (Å²) in [7, 11) is 1.51. The smallest absolute Gasteiger partial charge is 0.306 e. The van der Waals surface area contributed by atoms with Gasteiger partial charge in [0.15, 0.2) is 11.5 Å². The van der Waals surface area contributed by atoms with E-state index >= 15 is 0 Å². The first-order valence-corrected chi connectivity index (χ1v) is 9.27. The highest BCUT2D eigenvalue weighted by Crippen LogP contribution is 2.31. The molecule has 1 amide bonds. The maximum atomic E-state index is 12.5. The van der Waals surface area contributed by atoms with E-state index in [4.69, 9.17) is 9.47 Å². The molecule has 6 nitrogen and oxygen atoms in total. The maximum absolute atomic E-state index is 12.5. The Bertz CT molecular complexity index is 631. The highest BCUT2D eigenvalue weighted by Gasteiger charge is 2.34. The minimum absolute atomic E-state index is 0.0628. The van der Waals surface area contributed by atoms with Crippen LogP contribution in [0.3, 0.4) is 0 Å². The molecule has 1 aliphatic heterocycles. The van der Waals surface area contributed by atoms with Crippen LogP contribution in [0.1, 0.15) is 38.7 Å². The second kappa shape index (κ2) is 9.46. The molecule has 1 aromatic rings. The van der Waals surface area contributed by atoms with E-state index in [2.05, 4.69) is 6.92 Å². The molecule has 0 aromatic heterocycles. The number of methoxy groups -OCH3 is 1. The summed E-state index contributed by atoms with van der Waals surface area (Å²) in [6.45, 7) is 5.53. The Morgan fingerprint density at radius 3 is 2.69 bits per heavy atom. The quantitative estimate of drug-likeness (QED) is 0.719. The third-order valence-electron chi connectivity index (χ3n) is 5.08. The van der Waals surface area contributed by atoms with Crippen molar-refractivity contribution < 1.29 is 24.2 Å². The fraction of sp³-hybridized carbons (Fsp3) is 0.600. The number of phenolic OH excluding ortho intramolecular Hbond substituents is 1. The number of likely N-dealkylation sites (tertiary alicyclic amines) is 1. The summed E-state index contributed by atoms with van der Waals surface area (Å²) in [5.41, 5.74) is 0.956. The van der Waals surface area contributed by atoms with Crippen LogP contribution in [-0.4, -0.2) is 48.7 Å². The van der Waals surface area contributed by atoms with Gasteiger partial charge in [-0.25, -0.2) is 0 Å². The van der Waals surface area contributed by atoms with E-state index < -0.39 is 0 Å². The highest BCUT2D eigenvalue weighted by molar-refractivity contribution is 5.78. The molecule has 2 atom stereocenters. The first kappa shape index (κ1) is 20.1. The van der Waals surface area contributed by atoms with Gasteiger partial charge in [0.2, 0.25) is 5.91 Å². The number of hydrogen-bond acceptors (Lipinski definition) is 5. The average Bonchev–Trinajstić information content (AvgIpc) is 2.61. The third-order valence-corrected chi connectivity index (χ3v) is 5.08. The Balaban J connectivity index is 1.94. The number of benzene rings is 1. The summed E-state index contributed by atoms with van der Waals surface area (Å²) in [5.74, 6) is 0.786. The number of rotatable bonds is 8. The van der Waals surface area contributed by atoms with Gasteiger partial charge in [0, 0.05) is 25.9 Å². The van der Waals surface area contributed by atoms with Gasteiger partial charge in [-0.2, -0.15) is 0 Å². The molecule has 144 valence electrons. The van der Waals surface area contributed by atoms with Crippen molar-refractivity contribution in [2.45, 2.75) is 39.5 Å². The molecule has 1 fully saturated rings. The van der Waals surface area contributed by atoms with Crippen LogP contribution in [0.4, 0.5) is 0 Å². The molecule has 0 spiro atoms. The van der Waals surface area contributed by atoms with Gasteiger partial charge in [-0.1, -0.05) is 19.4 Å². The van der Waals surface area contributed by atoms with Crippen molar-refractivity contribution in [3.05, 3.63) is 23.8 Å². The number of nitrogens with zero attached hydrogens (tertiary/aromatic N) is 1. The summed E-state index contributed by atoms with van der Waals surface area (Å²) >= 11 is 0. The van der Waals surface area contributed by atoms with Gasteiger partial charge in [0.1, 0.15) is 0 Å². The lowest BCUT2D eigenvalue weighted by Gasteiger charge is -2.37. The second-order valence-corrected chi connectivity index (χ2v) is 6.74. The monoisotopic (exact) mass is 363 g/mol. The molecule has 0 unspecified atom stereocenters. The first-order valence-electron chi connectivity index (χ1n) is 9.27. The van der Waals surface area contributed by atoms with Crippen LogP contribution >= 0.6 is 0 Å². The van der Waals surface area contributed by atoms with Gasteiger partial charge in [-0.15, -0.1) is 0 Å². The second-order valence-electron chi connectivity index (χ2n) is 6.74. The molecular weight excluding hydrogens is 334 g/mol. The lowest BCUT2D eigenvalue weighted by atomic mass is 9.81. The van der Waals surface area contributed by atoms with Gasteiger partial charge >= 0.3 is 5.97 Å². The van der Waals surface area contributed by atoms with Crippen molar-refractivity contribution in [2.24, 2.45) is 11.8 Å². The molecule has 1 aromatic carbocycles. The lowest BCUT2D eigenvalue weighted by Crippen LogP contribution is -2.45. The van der Waals surface area contributed by atoms with Crippen LogP contribution in [0, 0.1) is 11.8 Å². The number of piperidine rings is 1. The summed E-state index contributed by atoms with van der Waals surface area (Å²) in [6, 6.07) is 5.30. The van der Waals surface area contributed by atoms with E-state index in [0.29, 0.717) is 50.6 Å². The van der Waals surface area contributed by atoms with E-state index in [-0.39, 0.29) is 23.5 Å². The first-order chi connectivity index (χ1) is 12.5. The number of amides is 1. The Morgan fingerprint density at radius 2 is 2.08 bits per heavy atom. The molecule has 0 radical (unpaired) electrons. The van der Waals surface area contributed by atoms with Crippen molar-refractivity contribution in [3.8, 4) is 11.5 Å². The van der Waals surface area contributed by atoms with Crippen molar-refractivity contribution in [1.29, 1.82) is 0 Å². The molecule has 6 heteroatoms. The maximum Gasteiger partial charge on any atom is 0.306 e. The van der Waals surface area contributed by atoms with Crippen LogP contribution in [0.5, 0.6) is 11.5 Å². The molecule has 1 aliphatic rings. The number of aromatic hydroxyl groups is 1. The van der Waals surface area contributed by atoms with Crippen LogP contribution in [0.25, 0.3) is 0 Å². The van der Waals surface area contributed by atoms with Crippen molar-refractivity contribution in [2.75, 3.05) is 26.8 Å². The van der Waals surface area contributed by atoms with E-state index in [0.717, 1.165) is 12.0 Å². The Kier molecular flexibility index (Phi) is 7.30. The zero-order valence-corrected chi connectivity index (χ0v) is 15.9. The van der Waals surface area contributed by atoms with E-state index in [1.807, 2.05) is 11.0 Å². The van der Waals surface area contributed by atoms with Crippen molar-refractivity contribution in [3.63, 3.8) is 0 Å². The van der Waals surface area contributed by atoms with Crippen molar-refractivity contribution >= 4 is 11.9 Å². The third kappa shape index (κ3) is 5.13. The molecule has 0 aliphatic carbocycles. The van der Waals surface area contributed by atoms with E-state index in [1.54, 1.807) is 19.1 Å². The van der Waals surface area contributed by atoms with Gasteiger partial charge in [-0.3, -0.25) is 9.59 Å². The molecule has 26 heavy (non-hydrogen) atoms. The highest BCUT2D eigenvalue weighted by atomic mass is 16.5. The largest absolute Gasteiger partial charge is 0.504 e. The van der Waals surface area contributed by atoms with E-state index in [1.165, 1.54) is 7.11 Å². The van der Waals surface area contributed by atoms with Crippen molar-refractivity contribution in [1.82, 2.24) is 4.90 Å². The van der Waals surface area contributed by atoms with Crippen LogP contribution in [0.15, 0.2) is 18.2 Å². The Hall–Kier alpha value is -2.24. The normalized spacial score (nSPS) is 20.1. The minimum atomic E-state index is -0.217. The molecule has 1 saturated heterocycles. The standard InChI is InChI=1S/C20H29NO5/c1-4-15-13-21(19(23)11-16(15)12-20(24)26-5-2)9-8-14-6-7-18(25-3)17(22)10-14/h6-7,10,15-16,22H,4-5,8-9,11-13H2,1-3H3/t15-,16+/m0/s1. The topological polar surface area (TPSA) is 76.1 Å². The zero-order valence-electron chi connectivity index (χ0n) is 15.9. The fourth-order valence-corrected chi connectivity index (χ4v) is 3.56. The molecule has 0 bridgehead atoms. The minimum Gasteiger partial charge on any atom is -0.504 e. The number of phenols is 1. The van der Waals surface area contributed by atoms with E-state index in [9.17, 15) is 14.7 Å². The summed E-state index contributed by atoms with van der Waals surface area (Å²) in [6.07, 6.45) is 2.31. The van der Waals surface area contributed by atoms with Gasteiger partial charge in [0.05, 0.1) is 13.7 Å². The zero-order chi connectivity index (χ0) is 19.1. The number of esters is 1. The van der Waals surface area contributed by atoms with Crippen LogP contribution in [-0.2, 0) is 20.7 Å². The Morgan fingerprint density at radius 1 is 1.31 bits per heavy atom. The SMILES string of the molecule is CCOC(=O)C[C@H]1CC(=O)N(CCc2ccc(OC)c(O)c2)C[C@@H]1CC. The number of carbonyl (C=O) groups is 2. The van der Waals surface area contributed by atoms with Gasteiger partial charge in [0.25, 0.3) is 0 Å². The summed E-state index contributed by atoms with van der Waals surface area (Å²) < 4.78 is 10.1. The van der Waals surface area contributed by atoms with Crippen LogP contribution in [0.2, 0.25) is 0 Å².